The summed E-state index contributed by atoms with van der Waals surface area (Å²) in [7, 11) is 1.01. The van der Waals surface area contributed by atoms with Crippen LogP contribution in [-0.4, -0.2) is 32.5 Å². The van der Waals surface area contributed by atoms with Gasteiger partial charge in [0, 0.05) is 29.6 Å². The molecule has 1 fully saturated rings. The minimum Gasteiger partial charge on any atom is -0.547 e. The summed E-state index contributed by atoms with van der Waals surface area (Å²) in [5.41, 5.74) is 5.06. The van der Waals surface area contributed by atoms with Crippen molar-refractivity contribution in [1.29, 1.82) is 0 Å². The summed E-state index contributed by atoms with van der Waals surface area (Å²) in [6.07, 6.45) is 6.47. The molecule has 0 radical (unpaired) electrons. The zero-order chi connectivity index (χ0) is 18.9. The van der Waals surface area contributed by atoms with Crippen LogP contribution in [0.3, 0.4) is 0 Å². The molecule has 1 aromatic carbocycles. The maximum Gasteiger partial charge on any atom is 0.229 e. The highest BCUT2D eigenvalue weighted by Gasteiger charge is 2.24. The maximum absolute atomic E-state index is 6.32. The number of likely N-dealkylation sites (tertiary alicyclic amines) is 1. The highest BCUT2D eigenvalue weighted by atomic mass is 28.3. The smallest absolute Gasteiger partial charge is 0.229 e. The molecule has 1 atom stereocenters. The van der Waals surface area contributed by atoms with Gasteiger partial charge in [-0.15, -0.1) is 0 Å². The molecule has 1 aromatic heterocycles. The summed E-state index contributed by atoms with van der Waals surface area (Å²) in [4.78, 5) is 6.99. The third-order valence-electron chi connectivity index (χ3n) is 5.19. The Morgan fingerprint density at radius 3 is 2.54 bits per heavy atom. The molecule has 0 aliphatic carbocycles. The predicted octanol–water partition coefficient (Wildman–Crippen LogP) is 5.18. The number of rotatable bonds is 4. The number of nitrogens with zero attached hydrogens (tertiary/aromatic N) is 2. The predicted molar refractivity (Wildman–Crippen MR) is 112 cm³/mol. The van der Waals surface area contributed by atoms with Crippen LogP contribution in [0.5, 0.6) is 5.75 Å². The largest absolute Gasteiger partial charge is 0.547 e. The maximum atomic E-state index is 6.32. The number of hydrogen-bond acceptors (Lipinski definition) is 3. The third-order valence-corrected chi connectivity index (χ3v) is 5.91. The Kier molecular flexibility index (Phi) is 5.54. The Labute approximate surface area is 160 Å². The Bertz CT molecular complexity index is 767. The molecule has 0 N–H and O–H groups in total. The van der Waals surface area contributed by atoms with Crippen LogP contribution in [0.1, 0.15) is 50.8 Å². The van der Waals surface area contributed by atoms with Crippen molar-refractivity contribution >= 4 is 9.04 Å². The van der Waals surface area contributed by atoms with E-state index in [4.69, 9.17) is 4.43 Å². The van der Waals surface area contributed by atoms with Crippen LogP contribution >= 0.6 is 0 Å². The summed E-state index contributed by atoms with van der Waals surface area (Å²) in [6, 6.07) is 9.47. The van der Waals surface area contributed by atoms with Gasteiger partial charge in [0.05, 0.1) is 0 Å². The number of benzene rings is 1. The van der Waals surface area contributed by atoms with Crippen molar-refractivity contribution in [3.05, 3.63) is 47.8 Å². The summed E-state index contributed by atoms with van der Waals surface area (Å²) in [5.74, 6) is 1.01. The van der Waals surface area contributed by atoms with Gasteiger partial charge in [0.15, 0.2) is 0 Å². The fraction of sp³-hybridized carbons (Fsp3) is 0.500. The highest BCUT2D eigenvalue weighted by molar-refractivity contribution is 6.49. The van der Waals surface area contributed by atoms with E-state index in [1.54, 1.807) is 0 Å². The Hall–Kier alpha value is -1.65. The van der Waals surface area contributed by atoms with E-state index in [0.29, 0.717) is 6.04 Å². The molecule has 1 unspecified atom stereocenters. The molecule has 1 aliphatic heterocycles. The van der Waals surface area contributed by atoms with E-state index in [9.17, 15) is 0 Å². The van der Waals surface area contributed by atoms with Crippen LogP contribution in [0.15, 0.2) is 36.7 Å². The average Bonchev–Trinajstić information content (AvgIpc) is 2.99. The summed E-state index contributed by atoms with van der Waals surface area (Å²) in [6.45, 7) is 12.3. The molecular weight excluding hydrogens is 336 g/mol. The minimum absolute atomic E-state index is 0.113. The third kappa shape index (κ3) is 4.18. The zero-order valence-corrected chi connectivity index (χ0v) is 18.2. The average molecular weight is 369 g/mol. The first-order valence-electron chi connectivity index (χ1n) is 9.72. The molecule has 0 amide bonds. The lowest BCUT2D eigenvalue weighted by molar-refractivity contribution is 0.317. The van der Waals surface area contributed by atoms with Crippen molar-refractivity contribution in [2.45, 2.75) is 58.2 Å². The van der Waals surface area contributed by atoms with Crippen molar-refractivity contribution in [3.63, 3.8) is 0 Å². The van der Waals surface area contributed by atoms with Gasteiger partial charge in [-0.25, -0.2) is 0 Å². The van der Waals surface area contributed by atoms with Crippen molar-refractivity contribution in [1.82, 2.24) is 9.88 Å². The van der Waals surface area contributed by atoms with Crippen LogP contribution in [0.25, 0.3) is 11.1 Å². The Morgan fingerprint density at radius 1 is 1.15 bits per heavy atom. The Balaban J connectivity index is 2.02. The molecule has 0 spiro atoms. The second-order valence-corrected chi connectivity index (χ2v) is 11.1. The molecule has 140 valence electrons. The lowest BCUT2D eigenvalue weighted by atomic mass is 9.86. The van der Waals surface area contributed by atoms with Gasteiger partial charge >= 0.3 is 0 Å². The molecule has 3 rings (SSSR count). The fourth-order valence-corrected chi connectivity index (χ4v) is 4.40. The normalized spacial score (nSPS) is 18.5. The van der Waals surface area contributed by atoms with Crippen LogP contribution in [-0.2, 0) is 5.41 Å². The van der Waals surface area contributed by atoms with Crippen molar-refractivity contribution in [2.24, 2.45) is 0 Å². The number of pyridine rings is 1. The first-order chi connectivity index (χ1) is 12.3. The molecule has 2 heterocycles. The van der Waals surface area contributed by atoms with Crippen LogP contribution in [0, 0.1) is 0 Å². The molecule has 0 saturated carbocycles. The van der Waals surface area contributed by atoms with Crippen LogP contribution < -0.4 is 4.43 Å². The fourth-order valence-electron chi connectivity index (χ4n) is 3.70. The molecule has 0 bridgehead atoms. The number of aromatic nitrogens is 1. The van der Waals surface area contributed by atoms with E-state index in [0.717, 1.165) is 16.9 Å². The molecular formula is C22H32N2OSi. The monoisotopic (exact) mass is 368 g/mol. The first-order valence-corrected chi connectivity index (χ1v) is 12.5. The van der Waals surface area contributed by atoms with Gasteiger partial charge in [0.2, 0.25) is 9.04 Å². The van der Waals surface area contributed by atoms with E-state index in [1.165, 1.54) is 30.5 Å². The molecule has 2 aromatic rings. The van der Waals surface area contributed by atoms with Crippen LogP contribution in [0.4, 0.5) is 0 Å². The van der Waals surface area contributed by atoms with Gasteiger partial charge in [-0.1, -0.05) is 32.9 Å². The molecule has 3 nitrogen and oxygen atoms in total. The zero-order valence-electron chi connectivity index (χ0n) is 17.0. The van der Waals surface area contributed by atoms with E-state index >= 15 is 0 Å². The molecule has 1 aliphatic rings. The topological polar surface area (TPSA) is 25.4 Å². The van der Waals surface area contributed by atoms with E-state index < -0.39 is 9.04 Å². The van der Waals surface area contributed by atoms with Gasteiger partial charge in [0.25, 0.3) is 0 Å². The highest BCUT2D eigenvalue weighted by Crippen LogP contribution is 2.37. The lowest BCUT2D eigenvalue weighted by Crippen LogP contribution is -2.17. The van der Waals surface area contributed by atoms with Crippen molar-refractivity contribution in [3.8, 4) is 16.9 Å². The van der Waals surface area contributed by atoms with E-state index in [-0.39, 0.29) is 5.41 Å². The van der Waals surface area contributed by atoms with E-state index in [1.807, 2.05) is 12.4 Å². The molecule has 4 heteroatoms. The van der Waals surface area contributed by atoms with Crippen LogP contribution in [0.2, 0.25) is 13.1 Å². The van der Waals surface area contributed by atoms with Crippen molar-refractivity contribution in [2.75, 3.05) is 13.6 Å². The summed E-state index contributed by atoms with van der Waals surface area (Å²) in [5, 5.41) is 0. The SMILES string of the molecule is CN1CCCC1c1cncc(-c2ccc(C(C)(C)C)cc2O[SiH](C)C)c1. The van der Waals surface area contributed by atoms with Gasteiger partial charge in [-0.05, 0) is 68.2 Å². The lowest BCUT2D eigenvalue weighted by Gasteiger charge is -2.23. The molecule has 1 saturated heterocycles. The van der Waals surface area contributed by atoms with Gasteiger partial charge in [-0.2, -0.15) is 0 Å². The number of hydrogen-bond donors (Lipinski definition) is 0. The Morgan fingerprint density at radius 2 is 1.92 bits per heavy atom. The second kappa shape index (κ2) is 7.53. The van der Waals surface area contributed by atoms with Gasteiger partial charge < -0.3 is 4.43 Å². The molecule has 26 heavy (non-hydrogen) atoms. The van der Waals surface area contributed by atoms with Crippen molar-refractivity contribution < 1.29 is 4.43 Å². The minimum atomic E-state index is -1.20. The quantitative estimate of drug-likeness (QED) is 0.696. The van der Waals surface area contributed by atoms with E-state index in [2.05, 4.69) is 75.1 Å². The summed E-state index contributed by atoms with van der Waals surface area (Å²) >= 11 is 0. The standard InChI is InChI=1S/C22H32N2OSi/c1-22(2,3)18-9-10-19(21(13-18)25-26(5)6)16-12-17(15-23-14-16)20-8-7-11-24(20)4/h9-10,12-15,20,26H,7-8,11H2,1-6H3. The first kappa shape index (κ1) is 19.1. The van der Waals surface area contributed by atoms with Gasteiger partial charge in [-0.3, -0.25) is 9.88 Å². The summed E-state index contributed by atoms with van der Waals surface area (Å²) < 4.78 is 6.32. The second-order valence-electron chi connectivity index (χ2n) is 8.77. The van der Waals surface area contributed by atoms with Gasteiger partial charge in [0.1, 0.15) is 5.75 Å².